The van der Waals surface area contributed by atoms with Crippen molar-refractivity contribution in [3.8, 4) is 0 Å². The Bertz CT molecular complexity index is 1510. The Morgan fingerprint density at radius 3 is 2.45 bits per heavy atom. The molecule has 2 heterocycles. The normalized spacial score (nSPS) is 18.7. The molecule has 3 N–H and O–H groups in total. The highest BCUT2D eigenvalue weighted by molar-refractivity contribution is 6.31. The van der Waals surface area contributed by atoms with Crippen LogP contribution < -0.4 is 16.0 Å². The van der Waals surface area contributed by atoms with E-state index in [1.54, 1.807) is 6.07 Å². The Hall–Kier alpha value is -3.99. The highest BCUT2D eigenvalue weighted by Gasteiger charge is 2.37. The Morgan fingerprint density at radius 2 is 1.76 bits per heavy atom. The van der Waals surface area contributed by atoms with Crippen LogP contribution in [0.5, 0.6) is 0 Å². The number of alkyl halides is 3. The standard InChI is InChI=1S/C26H17ClF5N3O3/c27-19-2-1-15(28)9-17(19)23-22-18(25(38)35-23)5-11(13-7-21(36)33-10-13)6-20(22)34-24(37)12-3-14(26(30,31)32)8-16(29)4-12/h1-6,8-9,13,23H,7,10H2,(H,33,36)(H,34,37)(H,35,38)/t13-,23-/m1/s1. The molecule has 12 heteroatoms. The minimum Gasteiger partial charge on any atom is -0.355 e. The molecule has 0 aromatic heterocycles. The van der Waals surface area contributed by atoms with E-state index in [0.29, 0.717) is 17.7 Å². The van der Waals surface area contributed by atoms with Crippen molar-refractivity contribution in [3.05, 3.63) is 98.6 Å². The van der Waals surface area contributed by atoms with Crippen LogP contribution in [0.3, 0.4) is 0 Å². The molecule has 0 aliphatic carbocycles. The summed E-state index contributed by atoms with van der Waals surface area (Å²) in [6.45, 7) is 0.268. The molecule has 3 aromatic carbocycles. The van der Waals surface area contributed by atoms with Crippen LogP contribution in [0.15, 0.2) is 48.5 Å². The number of nitrogens with one attached hydrogen (secondary N) is 3. The van der Waals surface area contributed by atoms with Crippen LogP contribution in [0.2, 0.25) is 5.02 Å². The topological polar surface area (TPSA) is 87.3 Å². The van der Waals surface area contributed by atoms with Gasteiger partial charge in [-0.15, -0.1) is 0 Å². The largest absolute Gasteiger partial charge is 0.416 e. The van der Waals surface area contributed by atoms with Crippen LogP contribution in [0.1, 0.15) is 61.4 Å². The van der Waals surface area contributed by atoms with Gasteiger partial charge in [-0.3, -0.25) is 14.4 Å². The van der Waals surface area contributed by atoms with Crippen molar-refractivity contribution in [2.75, 3.05) is 11.9 Å². The Morgan fingerprint density at radius 1 is 1.00 bits per heavy atom. The summed E-state index contributed by atoms with van der Waals surface area (Å²) in [6, 6.07) is 6.99. The van der Waals surface area contributed by atoms with Gasteiger partial charge in [-0.05, 0) is 54.1 Å². The van der Waals surface area contributed by atoms with Crippen LogP contribution in [0.25, 0.3) is 0 Å². The fraction of sp³-hybridized carbons (Fsp3) is 0.192. The first-order valence-electron chi connectivity index (χ1n) is 11.3. The smallest absolute Gasteiger partial charge is 0.355 e. The average Bonchev–Trinajstić information content (AvgIpc) is 3.43. The molecule has 1 saturated heterocycles. The monoisotopic (exact) mass is 549 g/mol. The van der Waals surface area contributed by atoms with E-state index in [0.717, 1.165) is 12.1 Å². The molecule has 3 aromatic rings. The average molecular weight is 550 g/mol. The molecule has 1 fully saturated rings. The van der Waals surface area contributed by atoms with E-state index in [9.17, 15) is 36.3 Å². The van der Waals surface area contributed by atoms with Crippen LogP contribution in [0, 0.1) is 11.6 Å². The lowest BCUT2D eigenvalue weighted by molar-refractivity contribution is -0.137. The third-order valence-corrected chi connectivity index (χ3v) is 6.81. The molecule has 0 saturated carbocycles. The highest BCUT2D eigenvalue weighted by atomic mass is 35.5. The van der Waals surface area contributed by atoms with Gasteiger partial charge in [0.05, 0.1) is 11.6 Å². The van der Waals surface area contributed by atoms with Gasteiger partial charge in [0.1, 0.15) is 11.6 Å². The zero-order valence-electron chi connectivity index (χ0n) is 19.2. The van der Waals surface area contributed by atoms with Crippen molar-refractivity contribution in [1.29, 1.82) is 0 Å². The molecule has 0 radical (unpaired) electrons. The van der Waals surface area contributed by atoms with Crippen LogP contribution in [0.4, 0.5) is 27.6 Å². The van der Waals surface area contributed by atoms with Gasteiger partial charge in [-0.2, -0.15) is 13.2 Å². The molecule has 5 rings (SSSR count). The van der Waals surface area contributed by atoms with Crippen molar-refractivity contribution in [1.82, 2.24) is 10.6 Å². The van der Waals surface area contributed by atoms with Crippen LogP contribution in [-0.4, -0.2) is 24.3 Å². The second kappa shape index (κ2) is 9.39. The number of rotatable bonds is 4. The summed E-state index contributed by atoms with van der Waals surface area (Å²) < 4.78 is 67.7. The second-order valence-electron chi connectivity index (χ2n) is 8.99. The van der Waals surface area contributed by atoms with Crippen molar-refractivity contribution >= 4 is 35.0 Å². The van der Waals surface area contributed by atoms with Gasteiger partial charge >= 0.3 is 6.18 Å². The minimum atomic E-state index is -4.89. The van der Waals surface area contributed by atoms with E-state index in [2.05, 4.69) is 16.0 Å². The molecule has 2 aliphatic rings. The summed E-state index contributed by atoms with van der Waals surface area (Å²) in [5.41, 5.74) is -0.936. The maximum Gasteiger partial charge on any atom is 0.416 e. The first-order chi connectivity index (χ1) is 17.9. The van der Waals surface area contributed by atoms with Gasteiger partial charge < -0.3 is 16.0 Å². The van der Waals surface area contributed by atoms with Crippen molar-refractivity contribution in [2.24, 2.45) is 0 Å². The van der Waals surface area contributed by atoms with Crippen LogP contribution >= 0.6 is 11.6 Å². The number of amides is 3. The van der Waals surface area contributed by atoms with Crippen LogP contribution in [-0.2, 0) is 11.0 Å². The summed E-state index contributed by atoms with van der Waals surface area (Å²) >= 11 is 6.27. The zero-order chi connectivity index (χ0) is 27.4. The van der Waals surface area contributed by atoms with Crippen molar-refractivity contribution < 1.29 is 36.3 Å². The fourth-order valence-electron chi connectivity index (χ4n) is 4.68. The maximum atomic E-state index is 14.1. The molecular formula is C26H17ClF5N3O3. The van der Waals surface area contributed by atoms with Gasteiger partial charge in [0.2, 0.25) is 5.91 Å². The predicted molar refractivity (Wildman–Crippen MR) is 127 cm³/mol. The Balaban J connectivity index is 1.62. The number of carbonyl (C=O) groups excluding carboxylic acids is 3. The molecule has 3 amide bonds. The van der Waals surface area contributed by atoms with E-state index in [4.69, 9.17) is 11.6 Å². The number of hydrogen-bond donors (Lipinski definition) is 3. The first kappa shape index (κ1) is 25.7. The molecule has 0 spiro atoms. The molecule has 196 valence electrons. The first-order valence-corrected chi connectivity index (χ1v) is 11.7. The van der Waals surface area contributed by atoms with E-state index in [1.807, 2.05) is 0 Å². The van der Waals surface area contributed by atoms with Crippen molar-refractivity contribution in [3.63, 3.8) is 0 Å². The minimum absolute atomic E-state index is 0.0170. The molecule has 2 atom stereocenters. The molecule has 0 bridgehead atoms. The van der Waals surface area contributed by atoms with E-state index in [-0.39, 0.29) is 58.3 Å². The lowest BCUT2D eigenvalue weighted by atomic mass is 9.90. The lowest BCUT2D eigenvalue weighted by Crippen LogP contribution is -2.21. The third kappa shape index (κ3) is 4.81. The predicted octanol–water partition coefficient (Wildman–Crippen LogP) is 5.33. The Labute approximate surface area is 217 Å². The number of fused-ring (bicyclic) bond motifs is 1. The summed E-state index contributed by atoms with van der Waals surface area (Å²) in [6.07, 6.45) is -4.78. The van der Waals surface area contributed by atoms with Gasteiger partial charge in [0.15, 0.2) is 0 Å². The zero-order valence-corrected chi connectivity index (χ0v) is 19.9. The number of benzene rings is 3. The lowest BCUT2D eigenvalue weighted by Gasteiger charge is -2.20. The Kier molecular flexibility index (Phi) is 6.34. The summed E-state index contributed by atoms with van der Waals surface area (Å²) in [7, 11) is 0. The van der Waals surface area contributed by atoms with E-state index < -0.39 is 46.8 Å². The third-order valence-electron chi connectivity index (χ3n) is 6.46. The fourth-order valence-corrected chi connectivity index (χ4v) is 4.91. The van der Waals surface area contributed by atoms with Gasteiger partial charge in [-0.1, -0.05) is 11.6 Å². The van der Waals surface area contributed by atoms with Gasteiger partial charge in [-0.25, -0.2) is 8.78 Å². The quantitative estimate of drug-likeness (QED) is 0.385. The SMILES string of the molecule is O=C1C[C@@H](c2cc(NC(=O)c3cc(F)cc(C(F)(F)F)c3)c3c(c2)C(=O)N[C@@H]3c2cc(F)ccc2Cl)CN1. The molecule has 2 aliphatic heterocycles. The summed E-state index contributed by atoms with van der Waals surface area (Å²) in [4.78, 5) is 37.8. The number of carbonyl (C=O) groups is 3. The van der Waals surface area contributed by atoms with Gasteiger partial charge in [0, 0.05) is 51.8 Å². The number of anilines is 1. The van der Waals surface area contributed by atoms with E-state index >= 15 is 0 Å². The number of hydrogen-bond acceptors (Lipinski definition) is 3. The summed E-state index contributed by atoms with van der Waals surface area (Å²) in [5, 5.41) is 7.97. The van der Waals surface area contributed by atoms with Gasteiger partial charge in [0.25, 0.3) is 11.8 Å². The highest BCUT2D eigenvalue weighted by Crippen LogP contribution is 2.42. The summed E-state index contributed by atoms with van der Waals surface area (Å²) in [5.74, 6) is -4.10. The maximum absolute atomic E-state index is 14.1. The van der Waals surface area contributed by atoms with E-state index in [1.165, 1.54) is 12.1 Å². The molecular weight excluding hydrogens is 533 g/mol. The molecule has 0 unspecified atom stereocenters. The molecule has 6 nitrogen and oxygen atoms in total. The molecule has 38 heavy (non-hydrogen) atoms. The number of halogens is 6. The van der Waals surface area contributed by atoms with Crippen molar-refractivity contribution in [2.45, 2.75) is 24.6 Å². The second-order valence-corrected chi connectivity index (χ2v) is 9.39.